The molecule has 2 aromatic rings. The Balaban J connectivity index is 1.96. The molecule has 1 unspecified atom stereocenters. The second-order valence-corrected chi connectivity index (χ2v) is 6.28. The van der Waals surface area contributed by atoms with Gasteiger partial charge in [0.25, 0.3) is 0 Å². The molecular formula is C15H16ClNOS. The van der Waals surface area contributed by atoms with Crippen LogP contribution in [0.1, 0.15) is 29.0 Å². The number of nitrogens with one attached hydrogen (secondary N) is 1. The van der Waals surface area contributed by atoms with Crippen LogP contribution in [0, 0.1) is 6.92 Å². The third kappa shape index (κ3) is 3.82. The maximum absolute atomic E-state index is 12.0. The van der Waals surface area contributed by atoms with Crippen molar-refractivity contribution in [1.82, 2.24) is 5.32 Å². The molecule has 19 heavy (non-hydrogen) atoms. The van der Waals surface area contributed by atoms with E-state index in [0.29, 0.717) is 6.42 Å². The van der Waals surface area contributed by atoms with E-state index >= 15 is 0 Å². The van der Waals surface area contributed by atoms with Gasteiger partial charge >= 0.3 is 0 Å². The van der Waals surface area contributed by atoms with Gasteiger partial charge in [-0.25, -0.2) is 0 Å². The summed E-state index contributed by atoms with van der Waals surface area (Å²) in [5, 5.41) is 3.00. The predicted octanol–water partition coefficient (Wildman–Crippen LogP) is 4.13. The van der Waals surface area contributed by atoms with E-state index in [2.05, 4.69) is 5.32 Å². The van der Waals surface area contributed by atoms with Gasteiger partial charge in [-0.15, -0.1) is 11.3 Å². The highest BCUT2D eigenvalue weighted by atomic mass is 35.5. The predicted molar refractivity (Wildman–Crippen MR) is 80.8 cm³/mol. The second-order valence-electron chi connectivity index (χ2n) is 4.53. The largest absolute Gasteiger partial charge is 0.348 e. The summed E-state index contributed by atoms with van der Waals surface area (Å²) in [4.78, 5) is 13.1. The number of amides is 1. The van der Waals surface area contributed by atoms with Gasteiger partial charge in [0, 0.05) is 4.88 Å². The molecule has 0 aliphatic rings. The maximum atomic E-state index is 12.0. The fourth-order valence-electron chi connectivity index (χ4n) is 1.91. The molecule has 0 aliphatic carbocycles. The van der Waals surface area contributed by atoms with Gasteiger partial charge in [0.2, 0.25) is 5.91 Å². The van der Waals surface area contributed by atoms with Crippen LogP contribution in [0.3, 0.4) is 0 Å². The van der Waals surface area contributed by atoms with E-state index in [9.17, 15) is 4.79 Å². The molecule has 0 fully saturated rings. The second kappa shape index (κ2) is 6.22. The molecule has 2 rings (SSSR count). The summed E-state index contributed by atoms with van der Waals surface area (Å²) in [5.41, 5.74) is 2.21. The summed E-state index contributed by atoms with van der Waals surface area (Å²) in [5.74, 6) is 0.0336. The Morgan fingerprint density at radius 3 is 2.68 bits per heavy atom. The number of hydrogen-bond donors (Lipinski definition) is 1. The van der Waals surface area contributed by atoms with Crippen molar-refractivity contribution in [2.75, 3.05) is 0 Å². The zero-order valence-corrected chi connectivity index (χ0v) is 12.5. The molecular weight excluding hydrogens is 278 g/mol. The molecule has 1 atom stereocenters. The van der Waals surface area contributed by atoms with Gasteiger partial charge in [0.15, 0.2) is 0 Å². The van der Waals surface area contributed by atoms with Crippen LogP contribution in [0.15, 0.2) is 36.4 Å². The first-order valence-corrected chi connectivity index (χ1v) is 7.35. The number of hydrogen-bond acceptors (Lipinski definition) is 2. The topological polar surface area (TPSA) is 29.1 Å². The van der Waals surface area contributed by atoms with Gasteiger partial charge in [0.05, 0.1) is 16.8 Å². The zero-order valence-electron chi connectivity index (χ0n) is 10.9. The van der Waals surface area contributed by atoms with Crippen LogP contribution in [0.5, 0.6) is 0 Å². The lowest BCUT2D eigenvalue weighted by atomic mass is 10.1. The molecule has 0 radical (unpaired) electrons. The molecule has 1 N–H and O–H groups in total. The van der Waals surface area contributed by atoms with Crippen molar-refractivity contribution >= 4 is 28.8 Å². The third-order valence-corrected chi connectivity index (χ3v) is 4.42. The van der Waals surface area contributed by atoms with Crippen LogP contribution >= 0.6 is 22.9 Å². The minimum atomic E-state index is -0.00554. The van der Waals surface area contributed by atoms with Crippen LogP contribution in [-0.2, 0) is 11.2 Å². The fourth-order valence-corrected chi connectivity index (χ4v) is 2.97. The number of aryl methyl sites for hydroxylation is 1. The van der Waals surface area contributed by atoms with E-state index < -0.39 is 0 Å². The highest BCUT2D eigenvalue weighted by Crippen LogP contribution is 2.26. The Labute approximate surface area is 122 Å². The van der Waals surface area contributed by atoms with Crippen LogP contribution in [-0.4, -0.2) is 5.91 Å². The summed E-state index contributed by atoms with van der Waals surface area (Å²) in [6.07, 6.45) is 0.413. The van der Waals surface area contributed by atoms with Crippen molar-refractivity contribution in [1.29, 1.82) is 0 Å². The average Bonchev–Trinajstić information content (AvgIpc) is 2.79. The highest BCUT2D eigenvalue weighted by Gasteiger charge is 2.12. The number of benzene rings is 1. The minimum Gasteiger partial charge on any atom is -0.348 e. The molecule has 0 spiro atoms. The first kappa shape index (κ1) is 14.1. The third-order valence-electron chi connectivity index (χ3n) is 3.01. The molecule has 0 aliphatic heterocycles. The van der Waals surface area contributed by atoms with Gasteiger partial charge < -0.3 is 5.32 Å². The van der Waals surface area contributed by atoms with Crippen LogP contribution in [0.25, 0.3) is 0 Å². The summed E-state index contributed by atoms with van der Waals surface area (Å²) in [6, 6.07) is 11.7. The Morgan fingerprint density at radius 1 is 1.32 bits per heavy atom. The van der Waals surface area contributed by atoms with Gasteiger partial charge in [0.1, 0.15) is 0 Å². The Bertz CT molecular complexity index is 579. The van der Waals surface area contributed by atoms with Gasteiger partial charge in [-0.2, -0.15) is 0 Å². The molecule has 100 valence electrons. The fraction of sp³-hybridized carbons (Fsp3) is 0.267. The number of halogens is 1. The molecule has 4 heteroatoms. The highest BCUT2D eigenvalue weighted by molar-refractivity contribution is 7.16. The summed E-state index contributed by atoms with van der Waals surface area (Å²) in [7, 11) is 0. The SMILES string of the molecule is Cc1ccccc1CC(=O)NC(C)c1ccc(Cl)s1. The van der Waals surface area contributed by atoms with Gasteiger partial charge in [-0.3, -0.25) is 4.79 Å². The van der Waals surface area contributed by atoms with Crippen LogP contribution in [0.4, 0.5) is 0 Å². The van der Waals surface area contributed by atoms with Crippen molar-refractivity contribution in [3.05, 3.63) is 56.7 Å². The Kier molecular flexibility index (Phi) is 4.61. The Morgan fingerprint density at radius 2 is 2.05 bits per heavy atom. The molecule has 2 nitrogen and oxygen atoms in total. The van der Waals surface area contributed by atoms with Crippen LogP contribution < -0.4 is 5.32 Å². The first-order valence-electron chi connectivity index (χ1n) is 6.15. The molecule has 1 aromatic carbocycles. The Hall–Kier alpha value is -1.32. The van der Waals surface area contributed by atoms with Gasteiger partial charge in [-0.1, -0.05) is 35.9 Å². The molecule has 1 heterocycles. The van der Waals surface area contributed by atoms with Crippen LogP contribution in [0.2, 0.25) is 4.34 Å². The van der Waals surface area contributed by atoms with E-state index in [-0.39, 0.29) is 11.9 Å². The van der Waals surface area contributed by atoms with Crippen molar-refractivity contribution in [2.24, 2.45) is 0 Å². The average molecular weight is 294 g/mol. The lowest BCUT2D eigenvalue weighted by Crippen LogP contribution is -2.27. The number of thiophene rings is 1. The normalized spacial score (nSPS) is 12.2. The van der Waals surface area contributed by atoms with Crippen molar-refractivity contribution in [3.63, 3.8) is 0 Å². The number of rotatable bonds is 4. The minimum absolute atomic E-state index is 0.00554. The van der Waals surface area contributed by atoms with Gasteiger partial charge in [-0.05, 0) is 37.1 Å². The van der Waals surface area contributed by atoms with E-state index in [4.69, 9.17) is 11.6 Å². The quantitative estimate of drug-likeness (QED) is 0.902. The van der Waals surface area contributed by atoms with E-state index in [1.165, 1.54) is 11.3 Å². The van der Waals surface area contributed by atoms with E-state index in [0.717, 1.165) is 20.3 Å². The van der Waals surface area contributed by atoms with Crippen molar-refractivity contribution < 1.29 is 4.79 Å². The van der Waals surface area contributed by atoms with E-state index in [1.54, 1.807) is 0 Å². The standard InChI is InChI=1S/C15H16ClNOS/c1-10-5-3-4-6-12(10)9-15(18)17-11(2)13-7-8-14(16)19-13/h3-8,11H,9H2,1-2H3,(H,17,18). The summed E-state index contributed by atoms with van der Waals surface area (Å²) < 4.78 is 0.745. The molecule has 1 aromatic heterocycles. The number of carbonyl (C=O) groups is 1. The van der Waals surface area contributed by atoms with Crippen molar-refractivity contribution in [2.45, 2.75) is 26.3 Å². The summed E-state index contributed by atoms with van der Waals surface area (Å²) >= 11 is 7.40. The summed E-state index contributed by atoms with van der Waals surface area (Å²) in [6.45, 7) is 3.99. The molecule has 1 amide bonds. The molecule has 0 bridgehead atoms. The molecule has 0 saturated heterocycles. The lowest BCUT2D eigenvalue weighted by Gasteiger charge is -2.13. The number of carbonyl (C=O) groups excluding carboxylic acids is 1. The lowest BCUT2D eigenvalue weighted by molar-refractivity contribution is -0.121. The monoisotopic (exact) mass is 293 g/mol. The first-order chi connectivity index (χ1) is 9.06. The zero-order chi connectivity index (χ0) is 13.8. The molecule has 0 saturated carbocycles. The maximum Gasteiger partial charge on any atom is 0.224 e. The van der Waals surface area contributed by atoms with E-state index in [1.807, 2.05) is 50.2 Å². The van der Waals surface area contributed by atoms with Crippen molar-refractivity contribution in [3.8, 4) is 0 Å². The smallest absolute Gasteiger partial charge is 0.224 e.